The Hall–Kier alpha value is -1.35. The van der Waals surface area contributed by atoms with Crippen molar-refractivity contribution in [3.63, 3.8) is 0 Å². The number of hydrogen-bond donors (Lipinski definition) is 0. The van der Waals surface area contributed by atoms with Gasteiger partial charge in [-0.3, -0.25) is 9.69 Å². The molecule has 1 aromatic carbocycles. The highest BCUT2D eigenvalue weighted by Crippen LogP contribution is 2.46. The summed E-state index contributed by atoms with van der Waals surface area (Å²) in [5.74, 6) is 0.191. The predicted octanol–water partition coefficient (Wildman–Crippen LogP) is 1.96. The van der Waals surface area contributed by atoms with Crippen molar-refractivity contribution in [2.24, 2.45) is 5.92 Å². The number of benzene rings is 1. The number of rotatable bonds is 2. The number of hydrogen-bond acceptors (Lipinski definition) is 3. The Labute approximate surface area is 107 Å². The first kappa shape index (κ1) is 10.6. The first-order valence-electron chi connectivity index (χ1n) is 6.83. The maximum absolute atomic E-state index is 11.8. The minimum absolute atomic E-state index is 0.0465. The Kier molecular flexibility index (Phi) is 2.24. The summed E-state index contributed by atoms with van der Waals surface area (Å²) in [6.45, 7) is 0.958. The summed E-state index contributed by atoms with van der Waals surface area (Å²) in [6.07, 6.45) is 3.40. The standard InChI is InChI=1S/C15H17NO2/c17-15-12-8-11-6-7-13(18-15)14(12)16(11)9-10-4-2-1-3-5-10/h1-5,11-14H,6-9H2/t11-,12+,13-,14-/m0/s1. The van der Waals surface area contributed by atoms with Gasteiger partial charge in [-0.1, -0.05) is 30.3 Å². The number of carbonyl (C=O) groups is 1. The molecule has 0 spiro atoms. The first-order valence-corrected chi connectivity index (χ1v) is 6.83. The van der Waals surface area contributed by atoms with Crippen LogP contribution in [0.5, 0.6) is 0 Å². The van der Waals surface area contributed by atoms with E-state index in [2.05, 4.69) is 29.2 Å². The van der Waals surface area contributed by atoms with Crippen LogP contribution >= 0.6 is 0 Å². The SMILES string of the molecule is O=C1O[C@H]2CC[C@H]3C[C@@H]1[C@@H]2N3Cc1ccccc1. The van der Waals surface area contributed by atoms with Gasteiger partial charge in [0.1, 0.15) is 6.10 Å². The summed E-state index contributed by atoms with van der Waals surface area (Å²) in [7, 11) is 0. The highest BCUT2D eigenvalue weighted by Gasteiger charge is 2.57. The molecule has 1 aromatic rings. The van der Waals surface area contributed by atoms with Crippen LogP contribution in [0.4, 0.5) is 0 Å². The molecule has 3 aliphatic rings. The van der Waals surface area contributed by atoms with Gasteiger partial charge >= 0.3 is 5.97 Å². The maximum Gasteiger partial charge on any atom is 0.311 e. The van der Waals surface area contributed by atoms with E-state index in [1.54, 1.807) is 0 Å². The van der Waals surface area contributed by atoms with Crippen molar-refractivity contribution in [3.8, 4) is 0 Å². The molecule has 3 fully saturated rings. The molecule has 18 heavy (non-hydrogen) atoms. The molecule has 4 rings (SSSR count). The zero-order valence-electron chi connectivity index (χ0n) is 10.3. The average Bonchev–Trinajstić information content (AvgIpc) is 2.81. The highest BCUT2D eigenvalue weighted by molar-refractivity contribution is 5.77. The lowest BCUT2D eigenvalue weighted by atomic mass is 9.97. The van der Waals surface area contributed by atoms with Crippen molar-refractivity contribution >= 4 is 5.97 Å². The fourth-order valence-electron chi connectivity index (χ4n) is 3.96. The van der Waals surface area contributed by atoms with Gasteiger partial charge in [-0.15, -0.1) is 0 Å². The molecule has 3 aliphatic heterocycles. The van der Waals surface area contributed by atoms with E-state index in [0.717, 1.165) is 19.4 Å². The second-order valence-electron chi connectivity index (χ2n) is 5.70. The molecule has 0 amide bonds. The van der Waals surface area contributed by atoms with Gasteiger partial charge in [0.25, 0.3) is 0 Å². The number of esters is 1. The Balaban J connectivity index is 1.61. The molecule has 4 atom stereocenters. The van der Waals surface area contributed by atoms with Crippen molar-refractivity contribution in [1.29, 1.82) is 0 Å². The zero-order chi connectivity index (χ0) is 12.1. The van der Waals surface area contributed by atoms with Gasteiger partial charge in [-0.25, -0.2) is 0 Å². The lowest BCUT2D eigenvalue weighted by Gasteiger charge is -2.37. The van der Waals surface area contributed by atoms with Crippen LogP contribution in [0.2, 0.25) is 0 Å². The van der Waals surface area contributed by atoms with Crippen LogP contribution in [0.15, 0.2) is 30.3 Å². The van der Waals surface area contributed by atoms with Crippen LogP contribution in [0.1, 0.15) is 24.8 Å². The molecule has 0 unspecified atom stereocenters. The number of carbonyl (C=O) groups excluding carboxylic acids is 1. The minimum atomic E-state index is 0.0465. The van der Waals surface area contributed by atoms with Gasteiger partial charge in [0.15, 0.2) is 0 Å². The van der Waals surface area contributed by atoms with Crippen LogP contribution in [0.3, 0.4) is 0 Å². The lowest BCUT2D eigenvalue weighted by molar-refractivity contribution is -0.146. The van der Waals surface area contributed by atoms with Gasteiger partial charge in [-0.2, -0.15) is 0 Å². The van der Waals surface area contributed by atoms with Crippen molar-refractivity contribution in [2.45, 2.75) is 44.0 Å². The minimum Gasteiger partial charge on any atom is -0.460 e. The molecular weight excluding hydrogens is 226 g/mol. The molecule has 0 aliphatic carbocycles. The van der Waals surface area contributed by atoms with E-state index >= 15 is 0 Å². The number of fused-ring (bicyclic) bond motifs is 1. The summed E-state index contributed by atoms with van der Waals surface area (Å²) >= 11 is 0. The summed E-state index contributed by atoms with van der Waals surface area (Å²) in [5, 5.41) is 0. The van der Waals surface area contributed by atoms with Gasteiger partial charge in [0, 0.05) is 12.6 Å². The Bertz CT molecular complexity index is 473. The predicted molar refractivity (Wildman–Crippen MR) is 66.8 cm³/mol. The van der Waals surface area contributed by atoms with E-state index in [1.165, 1.54) is 12.0 Å². The van der Waals surface area contributed by atoms with E-state index < -0.39 is 0 Å². The van der Waals surface area contributed by atoms with Crippen molar-refractivity contribution < 1.29 is 9.53 Å². The second-order valence-corrected chi connectivity index (χ2v) is 5.70. The maximum atomic E-state index is 11.8. The summed E-state index contributed by atoms with van der Waals surface area (Å²) in [4.78, 5) is 14.3. The topological polar surface area (TPSA) is 29.5 Å². The van der Waals surface area contributed by atoms with Gasteiger partial charge < -0.3 is 4.74 Å². The van der Waals surface area contributed by atoms with E-state index in [-0.39, 0.29) is 18.0 Å². The fraction of sp³-hybridized carbons (Fsp3) is 0.533. The smallest absolute Gasteiger partial charge is 0.311 e. The van der Waals surface area contributed by atoms with Crippen molar-refractivity contribution in [2.75, 3.05) is 0 Å². The highest BCUT2D eigenvalue weighted by atomic mass is 16.6. The van der Waals surface area contributed by atoms with Crippen LogP contribution < -0.4 is 0 Å². The van der Waals surface area contributed by atoms with Crippen molar-refractivity contribution in [3.05, 3.63) is 35.9 Å². The normalized spacial score (nSPS) is 37.9. The molecule has 3 saturated heterocycles. The molecule has 2 bridgehead atoms. The van der Waals surface area contributed by atoms with E-state index in [4.69, 9.17) is 4.74 Å². The third kappa shape index (κ3) is 1.43. The summed E-state index contributed by atoms with van der Waals surface area (Å²) < 4.78 is 5.50. The molecule has 0 aromatic heterocycles. The van der Waals surface area contributed by atoms with Gasteiger partial charge in [0.2, 0.25) is 0 Å². The molecular formula is C15H17NO2. The molecule has 3 heterocycles. The molecule has 0 saturated carbocycles. The van der Waals surface area contributed by atoms with Crippen LogP contribution in [0.25, 0.3) is 0 Å². The summed E-state index contributed by atoms with van der Waals surface area (Å²) in [5.41, 5.74) is 1.34. The first-order chi connectivity index (χ1) is 8.83. The molecule has 0 N–H and O–H groups in total. The molecule has 3 nitrogen and oxygen atoms in total. The Morgan fingerprint density at radius 2 is 2.06 bits per heavy atom. The number of nitrogens with zero attached hydrogens (tertiary/aromatic N) is 1. The quantitative estimate of drug-likeness (QED) is 0.744. The third-order valence-corrected chi connectivity index (χ3v) is 4.73. The Morgan fingerprint density at radius 3 is 2.89 bits per heavy atom. The van der Waals surface area contributed by atoms with E-state index in [9.17, 15) is 4.79 Å². The lowest BCUT2D eigenvalue weighted by Crippen LogP contribution is -2.46. The Morgan fingerprint density at radius 1 is 1.22 bits per heavy atom. The van der Waals surface area contributed by atoms with Gasteiger partial charge in [0.05, 0.1) is 12.0 Å². The average molecular weight is 243 g/mol. The fourth-order valence-corrected chi connectivity index (χ4v) is 3.96. The monoisotopic (exact) mass is 243 g/mol. The largest absolute Gasteiger partial charge is 0.460 e. The van der Waals surface area contributed by atoms with Crippen molar-refractivity contribution in [1.82, 2.24) is 4.90 Å². The number of ether oxygens (including phenoxy) is 1. The number of piperidine rings is 1. The van der Waals surface area contributed by atoms with E-state index in [1.807, 2.05) is 6.07 Å². The summed E-state index contributed by atoms with van der Waals surface area (Å²) in [6, 6.07) is 11.5. The van der Waals surface area contributed by atoms with Gasteiger partial charge in [-0.05, 0) is 24.8 Å². The zero-order valence-corrected chi connectivity index (χ0v) is 10.3. The van der Waals surface area contributed by atoms with Crippen LogP contribution in [0, 0.1) is 5.92 Å². The molecule has 94 valence electrons. The molecule has 3 heteroatoms. The van der Waals surface area contributed by atoms with E-state index in [0.29, 0.717) is 12.1 Å². The van der Waals surface area contributed by atoms with Crippen LogP contribution in [-0.4, -0.2) is 29.1 Å². The van der Waals surface area contributed by atoms with Crippen LogP contribution in [-0.2, 0) is 16.1 Å². The molecule has 0 radical (unpaired) electrons. The third-order valence-electron chi connectivity index (χ3n) is 4.73. The second kappa shape index (κ2) is 3.82.